The molecule has 1 N–H and O–H groups in total. The third-order valence-electron chi connectivity index (χ3n) is 5.21. The van der Waals surface area contributed by atoms with Crippen LogP contribution in [-0.2, 0) is 24.1 Å². The van der Waals surface area contributed by atoms with Gasteiger partial charge in [0.05, 0.1) is 36.2 Å². The minimum atomic E-state index is -0.341. The molecular weight excluding hydrogens is 340 g/mol. The summed E-state index contributed by atoms with van der Waals surface area (Å²) in [7, 11) is 1.39. The predicted molar refractivity (Wildman–Crippen MR) is 100 cm³/mol. The van der Waals surface area contributed by atoms with Gasteiger partial charge in [0, 0.05) is 11.6 Å². The molecule has 0 saturated heterocycles. The molecule has 0 radical (unpaired) electrons. The number of hydrogen-bond acceptors (Lipinski definition) is 6. The van der Waals surface area contributed by atoms with Gasteiger partial charge in [0.2, 0.25) is 0 Å². The number of fused-ring (bicyclic) bond motifs is 1. The lowest BCUT2D eigenvalue weighted by Crippen LogP contribution is -2.13. The normalized spacial score (nSPS) is 15.6. The summed E-state index contributed by atoms with van der Waals surface area (Å²) < 4.78 is 4.87. The van der Waals surface area contributed by atoms with Crippen molar-refractivity contribution in [3.05, 3.63) is 52.0 Å². The number of nitrogens with one attached hydrogen (secondary N) is 1. The van der Waals surface area contributed by atoms with Crippen LogP contribution in [0.1, 0.15) is 70.2 Å². The molecule has 1 saturated carbocycles. The highest BCUT2D eigenvalue weighted by atomic mass is 16.5. The van der Waals surface area contributed by atoms with E-state index in [9.17, 15) is 10.1 Å². The topological polar surface area (TPSA) is 87.9 Å². The summed E-state index contributed by atoms with van der Waals surface area (Å²) in [6.45, 7) is 0.460. The van der Waals surface area contributed by atoms with Crippen LogP contribution in [-0.4, -0.2) is 23.0 Å². The molecule has 2 aromatic rings. The van der Waals surface area contributed by atoms with Crippen LogP contribution in [0.5, 0.6) is 0 Å². The summed E-state index contributed by atoms with van der Waals surface area (Å²) in [6, 6.07) is 7.83. The number of rotatable bonds is 5. The maximum absolute atomic E-state index is 12.0. The zero-order valence-electron chi connectivity index (χ0n) is 15.4. The molecule has 6 heteroatoms. The summed E-state index contributed by atoms with van der Waals surface area (Å²) in [4.78, 5) is 21.3. The molecule has 0 amide bonds. The summed E-state index contributed by atoms with van der Waals surface area (Å²) in [5, 5.41) is 12.7. The van der Waals surface area contributed by atoms with Crippen LogP contribution < -0.4 is 5.32 Å². The SMILES string of the molecule is COC(=O)c1ccc(CNc2nc3c(cc2C#N)CCCC3)nc1C1CC1. The predicted octanol–water partition coefficient (Wildman–Crippen LogP) is 3.50. The van der Waals surface area contributed by atoms with Crippen LogP contribution in [0.2, 0.25) is 0 Å². The number of methoxy groups -OCH3 is 1. The fourth-order valence-corrected chi connectivity index (χ4v) is 3.59. The van der Waals surface area contributed by atoms with Crippen molar-refractivity contribution in [1.82, 2.24) is 9.97 Å². The number of pyridine rings is 2. The number of nitrogens with zero attached hydrogens (tertiary/aromatic N) is 3. The van der Waals surface area contributed by atoms with Gasteiger partial charge in [-0.15, -0.1) is 0 Å². The van der Waals surface area contributed by atoms with Gasteiger partial charge in [-0.1, -0.05) is 0 Å². The van der Waals surface area contributed by atoms with E-state index in [1.807, 2.05) is 12.1 Å². The van der Waals surface area contributed by atoms with Gasteiger partial charge in [0.1, 0.15) is 11.9 Å². The molecule has 0 spiro atoms. The highest BCUT2D eigenvalue weighted by Gasteiger charge is 2.30. The van der Waals surface area contributed by atoms with Crippen molar-refractivity contribution >= 4 is 11.8 Å². The van der Waals surface area contributed by atoms with Crippen molar-refractivity contribution in [1.29, 1.82) is 5.26 Å². The fourth-order valence-electron chi connectivity index (χ4n) is 3.59. The van der Waals surface area contributed by atoms with Crippen LogP contribution in [0.3, 0.4) is 0 Å². The van der Waals surface area contributed by atoms with E-state index >= 15 is 0 Å². The number of hydrogen-bond donors (Lipinski definition) is 1. The molecule has 0 atom stereocenters. The van der Waals surface area contributed by atoms with Crippen molar-refractivity contribution in [2.24, 2.45) is 0 Å². The first-order valence-corrected chi connectivity index (χ1v) is 9.44. The Labute approximate surface area is 158 Å². The van der Waals surface area contributed by atoms with E-state index in [0.29, 0.717) is 29.4 Å². The highest BCUT2D eigenvalue weighted by Crippen LogP contribution is 2.40. The van der Waals surface area contributed by atoms with E-state index in [4.69, 9.17) is 9.72 Å². The Morgan fingerprint density at radius 2 is 2.11 bits per heavy atom. The summed E-state index contributed by atoms with van der Waals surface area (Å²) in [5.41, 5.74) is 5.06. The molecule has 2 aliphatic carbocycles. The first-order valence-electron chi connectivity index (χ1n) is 9.44. The highest BCUT2D eigenvalue weighted by molar-refractivity contribution is 5.90. The minimum Gasteiger partial charge on any atom is -0.465 e. The maximum Gasteiger partial charge on any atom is 0.339 e. The first kappa shape index (κ1) is 17.5. The number of anilines is 1. The van der Waals surface area contributed by atoms with E-state index in [0.717, 1.165) is 55.6 Å². The van der Waals surface area contributed by atoms with Gasteiger partial charge >= 0.3 is 5.97 Å². The third kappa shape index (κ3) is 3.63. The Morgan fingerprint density at radius 3 is 2.85 bits per heavy atom. The smallest absolute Gasteiger partial charge is 0.339 e. The number of nitriles is 1. The van der Waals surface area contributed by atoms with Gasteiger partial charge < -0.3 is 10.1 Å². The lowest BCUT2D eigenvalue weighted by molar-refractivity contribution is 0.0598. The van der Waals surface area contributed by atoms with Gasteiger partial charge in [-0.3, -0.25) is 4.98 Å². The lowest BCUT2D eigenvalue weighted by atomic mass is 9.95. The molecular formula is C21H22N4O2. The quantitative estimate of drug-likeness (QED) is 0.819. The molecule has 138 valence electrons. The molecule has 27 heavy (non-hydrogen) atoms. The minimum absolute atomic E-state index is 0.341. The fraction of sp³-hybridized carbons (Fsp3) is 0.429. The van der Waals surface area contributed by atoms with Crippen molar-refractivity contribution in [3.63, 3.8) is 0 Å². The second kappa shape index (κ2) is 7.36. The van der Waals surface area contributed by atoms with Crippen LogP contribution >= 0.6 is 0 Å². The average Bonchev–Trinajstić information content (AvgIpc) is 3.56. The Hall–Kier alpha value is -2.94. The van der Waals surface area contributed by atoms with Crippen molar-refractivity contribution in [3.8, 4) is 6.07 Å². The Balaban J connectivity index is 1.56. The van der Waals surface area contributed by atoms with E-state index in [1.54, 1.807) is 6.07 Å². The molecule has 4 rings (SSSR count). The molecule has 0 bridgehead atoms. The molecule has 0 aromatic carbocycles. The van der Waals surface area contributed by atoms with Crippen molar-refractivity contribution < 1.29 is 9.53 Å². The molecule has 2 aromatic heterocycles. The second-order valence-electron chi connectivity index (χ2n) is 7.16. The van der Waals surface area contributed by atoms with Crippen LogP contribution in [0.15, 0.2) is 18.2 Å². The first-order chi connectivity index (χ1) is 13.2. The number of esters is 1. The number of aryl methyl sites for hydroxylation is 2. The molecule has 1 fully saturated rings. The lowest BCUT2D eigenvalue weighted by Gasteiger charge is -2.17. The number of carbonyl (C=O) groups is 1. The number of aromatic nitrogens is 2. The van der Waals surface area contributed by atoms with Crippen LogP contribution in [0, 0.1) is 11.3 Å². The molecule has 2 aliphatic rings. The van der Waals surface area contributed by atoms with Gasteiger partial charge in [-0.25, -0.2) is 9.78 Å². The van der Waals surface area contributed by atoms with E-state index in [1.165, 1.54) is 12.7 Å². The molecule has 6 nitrogen and oxygen atoms in total. The second-order valence-corrected chi connectivity index (χ2v) is 7.16. The van der Waals surface area contributed by atoms with E-state index < -0.39 is 0 Å². The zero-order chi connectivity index (χ0) is 18.8. The van der Waals surface area contributed by atoms with Crippen molar-refractivity contribution in [2.45, 2.75) is 51.0 Å². The Morgan fingerprint density at radius 1 is 1.30 bits per heavy atom. The monoisotopic (exact) mass is 362 g/mol. The van der Waals surface area contributed by atoms with E-state index in [-0.39, 0.29) is 5.97 Å². The van der Waals surface area contributed by atoms with Gasteiger partial charge in [-0.2, -0.15) is 5.26 Å². The summed E-state index contributed by atoms with van der Waals surface area (Å²) in [5.74, 6) is 0.618. The molecule has 0 aliphatic heterocycles. The number of carbonyl (C=O) groups excluding carboxylic acids is 1. The molecule has 0 unspecified atom stereocenters. The summed E-state index contributed by atoms with van der Waals surface area (Å²) in [6.07, 6.45) is 6.38. The van der Waals surface area contributed by atoms with E-state index in [2.05, 4.69) is 16.4 Å². The van der Waals surface area contributed by atoms with Gasteiger partial charge in [0.15, 0.2) is 0 Å². The average molecular weight is 362 g/mol. The number of ether oxygens (including phenoxy) is 1. The standard InChI is InChI=1S/C21H22N4O2/c1-27-21(26)17-9-8-16(24-19(17)13-6-7-13)12-23-20-15(11-22)10-14-4-2-3-5-18(14)25-20/h8-10,13H,2-7,12H2,1H3,(H,23,25). The largest absolute Gasteiger partial charge is 0.465 e. The maximum atomic E-state index is 12.0. The Bertz CT molecular complexity index is 929. The van der Waals surface area contributed by atoms with Crippen LogP contribution in [0.4, 0.5) is 5.82 Å². The van der Waals surface area contributed by atoms with Gasteiger partial charge in [0.25, 0.3) is 0 Å². The third-order valence-corrected chi connectivity index (χ3v) is 5.21. The molecule has 2 heterocycles. The van der Waals surface area contributed by atoms with Crippen molar-refractivity contribution in [2.75, 3.05) is 12.4 Å². The van der Waals surface area contributed by atoms with Crippen LogP contribution in [0.25, 0.3) is 0 Å². The Kier molecular flexibility index (Phi) is 4.76. The summed E-state index contributed by atoms with van der Waals surface area (Å²) >= 11 is 0. The van der Waals surface area contributed by atoms with Gasteiger partial charge in [-0.05, 0) is 62.3 Å². The zero-order valence-corrected chi connectivity index (χ0v) is 15.4.